The van der Waals surface area contributed by atoms with Crippen LogP contribution in [0.4, 0.5) is 11.8 Å². The van der Waals surface area contributed by atoms with E-state index in [9.17, 15) is 5.26 Å². The molecule has 0 radical (unpaired) electrons. The molecule has 4 N–H and O–H groups in total. The van der Waals surface area contributed by atoms with Crippen molar-refractivity contribution in [1.82, 2.24) is 14.8 Å². The number of benzene rings is 1. The van der Waals surface area contributed by atoms with Crippen molar-refractivity contribution in [2.24, 2.45) is 0 Å². The largest absolute Gasteiger partial charge is 0.424 e. The van der Waals surface area contributed by atoms with Crippen molar-refractivity contribution in [3.05, 3.63) is 23.8 Å². The molecule has 21 heavy (non-hydrogen) atoms. The van der Waals surface area contributed by atoms with Gasteiger partial charge in [-0.05, 0) is 32.0 Å². The third kappa shape index (κ3) is 1.97. The smallest absolute Gasteiger partial charge is 0.292 e. The Morgan fingerprint density at radius 2 is 2.10 bits per heavy atom. The minimum Gasteiger partial charge on any atom is -0.424 e. The van der Waals surface area contributed by atoms with E-state index in [1.54, 1.807) is 22.9 Å². The maximum absolute atomic E-state index is 9.34. The SMILES string of the molecule is CC(C)n1nc(-c2ccc3oc(N)nc3c2)c(C#N)c1N. The van der Waals surface area contributed by atoms with Crippen LogP contribution in [-0.2, 0) is 0 Å². The van der Waals surface area contributed by atoms with E-state index in [0.717, 1.165) is 5.56 Å². The fourth-order valence-corrected chi connectivity index (χ4v) is 2.25. The van der Waals surface area contributed by atoms with Crippen molar-refractivity contribution >= 4 is 22.9 Å². The first-order valence-electron chi connectivity index (χ1n) is 6.45. The zero-order valence-corrected chi connectivity index (χ0v) is 11.7. The van der Waals surface area contributed by atoms with Crippen molar-refractivity contribution < 1.29 is 4.42 Å². The molecule has 2 heterocycles. The van der Waals surface area contributed by atoms with Gasteiger partial charge in [0.15, 0.2) is 5.58 Å². The summed E-state index contributed by atoms with van der Waals surface area (Å²) in [5.74, 6) is 0.363. The Balaban J connectivity index is 2.22. The van der Waals surface area contributed by atoms with Crippen LogP contribution in [0.5, 0.6) is 0 Å². The van der Waals surface area contributed by atoms with Gasteiger partial charge in [0.2, 0.25) is 0 Å². The molecule has 0 aliphatic heterocycles. The summed E-state index contributed by atoms with van der Waals surface area (Å²) in [4.78, 5) is 4.08. The van der Waals surface area contributed by atoms with E-state index in [-0.39, 0.29) is 12.1 Å². The molecule has 0 bridgehead atoms. The van der Waals surface area contributed by atoms with Gasteiger partial charge < -0.3 is 15.9 Å². The van der Waals surface area contributed by atoms with Crippen LogP contribution in [0.3, 0.4) is 0 Å². The number of nitrogens with two attached hydrogens (primary N) is 2. The third-order valence-electron chi connectivity index (χ3n) is 3.23. The van der Waals surface area contributed by atoms with Crippen LogP contribution in [0.15, 0.2) is 22.6 Å². The number of nitrogen functional groups attached to an aromatic ring is 2. The number of rotatable bonds is 2. The maximum Gasteiger partial charge on any atom is 0.292 e. The summed E-state index contributed by atoms with van der Waals surface area (Å²) in [6.45, 7) is 3.91. The first-order chi connectivity index (χ1) is 10.0. The van der Waals surface area contributed by atoms with Crippen molar-refractivity contribution in [1.29, 1.82) is 5.26 Å². The number of fused-ring (bicyclic) bond motifs is 1. The summed E-state index contributed by atoms with van der Waals surface area (Å²) >= 11 is 0. The fraction of sp³-hybridized carbons (Fsp3) is 0.214. The standard InChI is InChI=1S/C14H14N6O/c1-7(2)20-13(16)9(6-15)12(19-20)8-3-4-11-10(5-8)18-14(17)21-11/h3-5,7H,16H2,1-2H3,(H2,17,18). The third-order valence-corrected chi connectivity index (χ3v) is 3.23. The van der Waals surface area contributed by atoms with Crippen molar-refractivity contribution in [3.63, 3.8) is 0 Å². The van der Waals surface area contributed by atoms with E-state index in [0.29, 0.717) is 28.2 Å². The molecule has 1 aromatic carbocycles. The van der Waals surface area contributed by atoms with Crippen LogP contribution in [0.25, 0.3) is 22.4 Å². The molecule has 0 aliphatic carbocycles. The fourth-order valence-electron chi connectivity index (χ4n) is 2.25. The average Bonchev–Trinajstić information content (AvgIpc) is 2.96. The highest BCUT2D eigenvalue weighted by molar-refractivity contribution is 5.83. The highest BCUT2D eigenvalue weighted by Gasteiger charge is 2.19. The molecule has 0 saturated heterocycles. The summed E-state index contributed by atoms with van der Waals surface area (Å²) in [5.41, 5.74) is 14.4. The zero-order chi connectivity index (χ0) is 15.1. The van der Waals surface area contributed by atoms with Crippen molar-refractivity contribution in [2.45, 2.75) is 19.9 Å². The lowest BCUT2D eigenvalue weighted by molar-refractivity contribution is 0.542. The molecule has 0 spiro atoms. The molecule has 0 aliphatic rings. The van der Waals surface area contributed by atoms with Crippen LogP contribution >= 0.6 is 0 Å². The summed E-state index contributed by atoms with van der Waals surface area (Å²) in [5, 5.41) is 13.8. The lowest BCUT2D eigenvalue weighted by atomic mass is 10.1. The summed E-state index contributed by atoms with van der Waals surface area (Å²) in [7, 11) is 0. The zero-order valence-electron chi connectivity index (χ0n) is 11.7. The minimum atomic E-state index is 0.0669. The monoisotopic (exact) mass is 282 g/mol. The highest BCUT2D eigenvalue weighted by atomic mass is 16.4. The predicted octanol–water partition coefficient (Wildman–Crippen LogP) is 2.31. The van der Waals surface area contributed by atoms with Crippen LogP contribution in [0.1, 0.15) is 25.5 Å². The average molecular weight is 282 g/mol. The number of oxazole rings is 1. The van der Waals surface area contributed by atoms with Gasteiger partial charge in [0.1, 0.15) is 28.7 Å². The van der Waals surface area contributed by atoms with E-state index >= 15 is 0 Å². The van der Waals surface area contributed by atoms with E-state index in [4.69, 9.17) is 15.9 Å². The quantitative estimate of drug-likeness (QED) is 0.744. The van der Waals surface area contributed by atoms with Gasteiger partial charge in [-0.15, -0.1) is 0 Å². The Bertz CT molecular complexity index is 868. The molecule has 3 rings (SSSR count). The Hall–Kier alpha value is -3.01. The maximum atomic E-state index is 9.34. The van der Waals surface area contributed by atoms with E-state index in [2.05, 4.69) is 16.2 Å². The molecule has 0 saturated carbocycles. The van der Waals surface area contributed by atoms with Gasteiger partial charge in [-0.1, -0.05) is 0 Å². The summed E-state index contributed by atoms with van der Waals surface area (Å²) in [6.07, 6.45) is 0. The first kappa shape index (κ1) is 13.0. The van der Waals surface area contributed by atoms with Gasteiger partial charge in [-0.3, -0.25) is 0 Å². The minimum absolute atomic E-state index is 0.0669. The number of hydrogen-bond donors (Lipinski definition) is 2. The van der Waals surface area contributed by atoms with Gasteiger partial charge in [0, 0.05) is 11.6 Å². The summed E-state index contributed by atoms with van der Waals surface area (Å²) < 4.78 is 6.87. The lowest BCUT2D eigenvalue weighted by Gasteiger charge is -2.06. The molecule has 7 heteroatoms. The molecular formula is C14H14N6O. The number of aromatic nitrogens is 3. The number of hydrogen-bond acceptors (Lipinski definition) is 6. The van der Waals surface area contributed by atoms with Gasteiger partial charge in [-0.25, -0.2) is 4.68 Å². The van der Waals surface area contributed by atoms with Gasteiger partial charge in [0.25, 0.3) is 6.01 Å². The molecule has 7 nitrogen and oxygen atoms in total. The second-order valence-electron chi connectivity index (χ2n) is 4.99. The second-order valence-corrected chi connectivity index (χ2v) is 4.99. The predicted molar refractivity (Wildman–Crippen MR) is 79.2 cm³/mol. The number of nitrogens with zero attached hydrogens (tertiary/aromatic N) is 4. The normalized spacial score (nSPS) is 11.1. The van der Waals surface area contributed by atoms with Crippen LogP contribution in [-0.4, -0.2) is 14.8 Å². The van der Waals surface area contributed by atoms with E-state index < -0.39 is 0 Å². The van der Waals surface area contributed by atoms with Gasteiger partial charge in [0.05, 0.1) is 0 Å². The topological polar surface area (TPSA) is 120 Å². The molecule has 0 amide bonds. The molecule has 0 atom stereocenters. The van der Waals surface area contributed by atoms with Crippen molar-refractivity contribution in [3.8, 4) is 17.3 Å². The van der Waals surface area contributed by atoms with Crippen LogP contribution in [0, 0.1) is 11.3 Å². The van der Waals surface area contributed by atoms with Gasteiger partial charge >= 0.3 is 0 Å². The first-order valence-corrected chi connectivity index (χ1v) is 6.45. The van der Waals surface area contributed by atoms with Gasteiger partial charge in [-0.2, -0.15) is 15.3 Å². The van der Waals surface area contributed by atoms with Crippen LogP contribution < -0.4 is 11.5 Å². The summed E-state index contributed by atoms with van der Waals surface area (Å²) in [6, 6.07) is 7.62. The molecule has 3 aromatic rings. The van der Waals surface area contributed by atoms with Crippen molar-refractivity contribution in [2.75, 3.05) is 11.5 Å². The Morgan fingerprint density at radius 3 is 2.76 bits per heavy atom. The Labute approximate surface area is 120 Å². The lowest BCUT2D eigenvalue weighted by Crippen LogP contribution is -2.07. The highest BCUT2D eigenvalue weighted by Crippen LogP contribution is 2.30. The second kappa shape index (κ2) is 4.52. The molecule has 2 aromatic heterocycles. The molecule has 0 unspecified atom stereocenters. The molecular weight excluding hydrogens is 268 g/mol. The number of anilines is 2. The Kier molecular flexibility index (Phi) is 2.80. The van der Waals surface area contributed by atoms with E-state index in [1.165, 1.54) is 0 Å². The van der Waals surface area contributed by atoms with E-state index in [1.807, 2.05) is 13.8 Å². The molecule has 106 valence electrons. The van der Waals surface area contributed by atoms with Crippen LogP contribution in [0.2, 0.25) is 0 Å². The Morgan fingerprint density at radius 1 is 1.33 bits per heavy atom. The molecule has 0 fully saturated rings. The number of nitriles is 1.